The Bertz CT molecular complexity index is 1070. The molecule has 2 aromatic carbocycles. The monoisotopic (exact) mass is 332 g/mol. The van der Waals surface area contributed by atoms with Gasteiger partial charge in [-0.15, -0.1) is 0 Å². The van der Waals surface area contributed by atoms with Crippen LogP contribution >= 0.6 is 0 Å². The Labute approximate surface area is 144 Å². The summed E-state index contributed by atoms with van der Waals surface area (Å²) in [5, 5.41) is 4.78. The molecule has 0 bridgehead atoms. The van der Waals surface area contributed by atoms with Gasteiger partial charge in [0.15, 0.2) is 0 Å². The lowest BCUT2D eigenvalue weighted by Crippen LogP contribution is -2.21. The highest BCUT2D eigenvalue weighted by Gasteiger charge is 2.09. The minimum atomic E-state index is -0.113. The Morgan fingerprint density at radius 2 is 2.00 bits per heavy atom. The quantitative estimate of drug-likeness (QED) is 0.591. The summed E-state index contributed by atoms with van der Waals surface area (Å²) < 4.78 is 7.13. The molecule has 1 aliphatic rings. The maximum absolute atomic E-state index is 12.4. The van der Waals surface area contributed by atoms with Crippen molar-refractivity contribution in [3.8, 4) is 5.75 Å². The normalized spacial score (nSPS) is 13.4. The fourth-order valence-electron chi connectivity index (χ4n) is 2.70. The fraction of sp³-hybridized carbons (Fsp3) is 0.105. The lowest BCUT2D eigenvalue weighted by Gasteiger charge is -2.15. The molecule has 124 valence electrons. The number of hydrogen-bond acceptors (Lipinski definition) is 5. The summed E-state index contributed by atoms with van der Waals surface area (Å²) in [6.07, 6.45) is 3.70. The molecule has 1 N–H and O–H groups in total. The van der Waals surface area contributed by atoms with E-state index in [-0.39, 0.29) is 5.56 Å². The third kappa shape index (κ3) is 2.89. The number of hydrazone groups is 1. The first-order valence-corrected chi connectivity index (χ1v) is 7.89. The molecule has 2 heterocycles. The van der Waals surface area contributed by atoms with Crippen LogP contribution in [0.5, 0.6) is 5.75 Å². The molecule has 0 spiro atoms. The first kappa shape index (κ1) is 15.1. The Kier molecular flexibility index (Phi) is 3.78. The highest BCUT2D eigenvalue weighted by molar-refractivity contribution is 5.88. The second-order valence-electron chi connectivity index (χ2n) is 5.73. The number of anilines is 1. The predicted molar refractivity (Wildman–Crippen MR) is 99.0 cm³/mol. The summed E-state index contributed by atoms with van der Waals surface area (Å²) >= 11 is 0. The third-order valence-electron chi connectivity index (χ3n) is 4.03. The number of hydrogen-bond donors (Lipinski definition) is 1. The molecule has 0 saturated carbocycles. The molecular weight excluding hydrogens is 316 g/mol. The molecule has 0 fully saturated rings. The molecule has 25 heavy (non-hydrogen) atoms. The van der Waals surface area contributed by atoms with Gasteiger partial charge in [-0.25, -0.2) is 10.4 Å². The van der Waals surface area contributed by atoms with Crippen molar-refractivity contribution in [1.29, 1.82) is 0 Å². The zero-order valence-electron chi connectivity index (χ0n) is 13.6. The van der Waals surface area contributed by atoms with E-state index >= 15 is 0 Å². The predicted octanol–water partition coefficient (Wildman–Crippen LogP) is 2.81. The van der Waals surface area contributed by atoms with Gasteiger partial charge in [-0.1, -0.05) is 30.3 Å². The van der Waals surface area contributed by atoms with Crippen LogP contribution in [0, 0.1) is 0 Å². The van der Waals surface area contributed by atoms with Crippen molar-refractivity contribution in [3.05, 3.63) is 70.0 Å². The van der Waals surface area contributed by atoms with E-state index in [1.54, 1.807) is 25.4 Å². The smallest absolute Gasteiger partial charge is 0.262 e. The largest absolute Gasteiger partial charge is 0.488 e. The van der Waals surface area contributed by atoms with Crippen LogP contribution in [0.25, 0.3) is 17.0 Å². The Morgan fingerprint density at radius 1 is 1.20 bits per heavy atom. The summed E-state index contributed by atoms with van der Waals surface area (Å²) in [6.45, 7) is 0.451. The summed E-state index contributed by atoms with van der Waals surface area (Å²) in [6, 6.07) is 15.1. The van der Waals surface area contributed by atoms with Gasteiger partial charge in [0.25, 0.3) is 5.56 Å². The van der Waals surface area contributed by atoms with E-state index in [2.05, 4.69) is 15.5 Å². The number of benzene rings is 2. The number of para-hydroxylation sites is 2. The molecule has 1 aliphatic heterocycles. The Balaban J connectivity index is 1.59. The second-order valence-corrected chi connectivity index (χ2v) is 5.73. The molecule has 6 nitrogen and oxygen atoms in total. The molecule has 0 unspecified atom stereocenters. The standard InChI is InChI=1S/C19H16N4O2/c1-23-18(24)15-7-3-4-8-16(15)21-19(23)22-20-11-13-10-14-6-2-5-9-17(14)25-12-13/h2-11H,12H2,1H3,(H,21,22)/b20-11+. The Morgan fingerprint density at radius 3 is 2.92 bits per heavy atom. The van der Waals surface area contributed by atoms with Crippen molar-refractivity contribution < 1.29 is 4.74 Å². The Hall–Kier alpha value is -3.41. The van der Waals surface area contributed by atoms with E-state index in [1.165, 1.54) is 4.57 Å². The van der Waals surface area contributed by atoms with E-state index in [1.807, 2.05) is 42.5 Å². The first-order valence-electron chi connectivity index (χ1n) is 7.89. The zero-order chi connectivity index (χ0) is 17.2. The number of rotatable bonds is 3. The summed E-state index contributed by atoms with van der Waals surface area (Å²) in [5.41, 5.74) is 5.31. The molecule has 4 rings (SSSR count). The van der Waals surface area contributed by atoms with Gasteiger partial charge in [0.05, 0.1) is 17.1 Å². The van der Waals surface area contributed by atoms with Crippen LogP contribution < -0.4 is 15.7 Å². The molecule has 3 aromatic rings. The van der Waals surface area contributed by atoms with Crippen LogP contribution in [0.4, 0.5) is 5.95 Å². The van der Waals surface area contributed by atoms with Gasteiger partial charge in [0, 0.05) is 18.2 Å². The van der Waals surface area contributed by atoms with Crippen LogP contribution in [0.15, 0.2) is 64.0 Å². The van der Waals surface area contributed by atoms with Crippen molar-refractivity contribution >= 4 is 29.1 Å². The van der Waals surface area contributed by atoms with Crippen molar-refractivity contribution in [2.75, 3.05) is 12.0 Å². The van der Waals surface area contributed by atoms with E-state index in [0.717, 1.165) is 16.9 Å². The van der Waals surface area contributed by atoms with Crippen LogP contribution in [0.3, 0.4) is 0 Å². The number of nitrogens with one attached hydrogen (secondary N) is 1. The molecule has 0 radical (unpaired) electrons. The summed E-state index contributed by atoms with van der Waals surface area (Å²) in [7, 11) is 1.67. The van der Waals surface area contributed by atoms with Crippen molar-refractivity contribution in [3.63, 3.8) is 0 Å². The minimum Gasteiger partial charge on any atom is -0.488 e. The van der Waals surface area contributed by atoms with Gasteiger partial charge in [-0.3, -0.25) is 9.36 Å². The molecule has 0 amide bonds. The van der Waals surface area contributed by atoms with E-state index in [0.29, 0.717) is 23.5 Å². The van der Waals surface area contributed by atoms with Gasteiger partial charge in [0.1, 0.15) is 12.4 Å². The average Bonchev–Trinajstić information content (AvgIpc) is 2.65. The van der Waals surface area contributed by atoms with Crippen molar-refractivity contribution in [2.45, 2.75) is 0 Å². The highest BCUT2D eigenvalue weighted by atomic mass is 16.5. The van der Waals surface area contributed by atoms with Gasteiger partial charge in [-0.05, 0) is 24.3 Å². The topological polar surface area (TPSA) is 68.5 Å². The molecular formula is C19H16N4O2. The third-order valence-corrected chi connectivity index (χ3v) is 4.03. The van der Waals surface area contributed by atoms with Crippen molar-refractivity contribution in [2.24, 2.45) is 12.1 Å². The summed E-state index contributed by atoms with van der Waals surface area (Å²) in [5.74, 6) is 1.25. The average molecular weight is 332 g/mol. The lowest BCUT2D eigenvalue weighted by atomic mass is 10.1. The zero-order valence-corrected chi connectivity index (χ0v) is 13.6. The van der Waals surface area contributed by atoms with E-state index < -0.39 is 0 Å². The molecule has 6 heteroatoms. The molecule has 0 saturated heterocycles. The van der Waals surface area contributed by atoms with Gasteiger partial charge in [0.2, 0.25) is 5.95 Å². The molecule has 0 atom stereocenters. The number of nitrogens with zero attached hydrogens (tertiary/aromatic N) is 3. The van der Waals surface area contributed by atoms with Gasteiger partial charge in [-0.2, -0.15) is 5.10 Å². The van der Waals surface area contributed by atoms with Crippen LogP contribution in [0.2, 0.25) is 0 Å². The van der Waals surface area contributed by atoms with Gasteiger partial charge >= 0.3 is 0 Å². The number of aromatic nitrogens is 2. The van der Waals surface area contributed by atoms with Crippen molar-refractivity contribution in [1.82, 2.24) is 9.55 Å². The van der Waals surface area contributed by atoms with Crippen LogP contribution in [0.1, 0.15) is 5.56 Å². The fourth-order valence-corrected chi connectivity index (χ4v) is 2.70. The minimum absolute atomic E-state index is 0.113. The van der Waals surface area contributed by atoms with Crippen LogP contribution in [-0.2, 0) is 7.05 Å². The van der Waals surface area contributed by atoms with E-state index in [9.17, 15) is 4.79 Å². The van der Waals surface area contributed by atoms with Crippen LogP contribution in [-0.4, -0.2) is 22.4 Å². The molecule has 1 aromatic heterocycles. The first-order chi connectivity index (χ1) is 12.2. The number of fused-ring (bicyclic) bond motifs is 2. The van der Waals surface area contributed by atoms with Gasteiger partial charge < -0.3 is 4.74 Å². The van der Waals surface area contributed by atoms with E-state index in [4.69, 9.17) is 4.74 Å². The maximum atomic E-state index is 12.4. The maximum Gasteiger partial charge on any atom is 0.262 e. The lowest BCUT2D eigenvalue weighted by molar-refractivity contribution is 0.353. The second kappa shape index (κ2) is 6.24. The SMILES string of the molecule is Cn1c(N/N=C/C2=Cc3ccccc3OC2)nc2ccccc2c1=O. The summed E-state index contributed by atoms with van der Waals surface area (Å²) in [4.78, 5) is 16.8. The highest BCUT2D eigenvalue weighted by Crippen LogP contribution is 2.24. The molecule has 0 aliphatic carbocycles. The number of ether oxygens (including phenoxy) is 1.